The minimum absolute atomic E-state index is 0.0544. The molecule has 2 rings (SSSR count). The Morgan fingerprint density at radius 1 is 1.28 bits per heavy atom. The van der Waals surface area contributed by atoms with Gasteiger partial charge in [0.15, 0.2) is 0 Å². The fourth-order valence-electron chi connectivity index (χ4n) is 3.31. The SMILES string of the molecule is CNC(CNc1ncnc(N2CCC(C(=O)OC)CC2)c1C)C(=O)OC(C)(C)C. The number of ether oxygens (including phenoxy) is 2. The van der Waals surface area contributed by atoms with Gasteiger partial charge in [-0.25, -0.2) is 9.97 Å². The number of hydrogen-bond donors (Lipinski definition) is 2. The van der Waals surface area contributed by atoms with Gasteiger partial charge in [0.1, 0.15) is 29.6 Å². The van der Waals surface area contributed by atoms with E-state index in [9.17, 15) is 9.59 Å². The van der Waals surface area contributed by atoms with Crippen LogP contribution in [-0.2, 0) is 19.1 Å². The molecule has 1 saturated heterocycles. The first-order chi connectivity index (χ1) is 13.7. The van der Waals surface area contributed by atoms with Crippen LogP contribution in [-0.4, -0.2) is 67.3 Å². The number of likely N-dealkylation sites (N-methyl/N-ethyl adjacent to an activating group) is 1. The molecule has 1 aliphatic rings. The molecule has 0 aromatic carbocycles. The van der Waals surface area contributed by atoms with Crippen molar-refractivity contribution in [3.8, 4) is 0 Å². The van der Waals surface area contributed by atoms with E-state index in [1.165, 1.54) is 13.4 Å². The van der Waals surface area contributed by atoms with Crippen LogP contribution in [0.3, 0.4) is 0 Å². The van der Waals surface area contributed by atoms with E-state index in [1.54, 1.807) is 7.05 Å². The molecule has 1 aliphatic heterocycles. The van der Waals surface area contributed by atoms with E-state index < -0.39 is 11.6 Å². The molecule has 29 heavy (non-hydrogen) atoms. The van der Waals surface area contributed by atoms with Crippen LogP contribution < -0.4 is 15.5 Å². The molecule has 1 unspecified atom stereocenters. The van der Waals surface area contributed by atoms with Crippen LogP contribution in [0.1, 0.15) is 39.2 Å². The molecular weight excluding hydrogens is 374 g/mol. The largest absolute Gasteiger partial charge is 0.469 e. The molecule has 0 bridgehead atoms. The second-order valence-corrected chi connectivity index (χ2v) is 8.21. The molecule has 9 heteroatoms. The fraction of sp³-hybridized carbons (Fsp3) is 0.700. The zero-order valence-electron chi connectivity index (χ0n) is 18.2. The molecule has 0 spiro atoms. The standard InChI is InChI=1S/C20H33N5O4/c1-13-16(22-11-15(21-5)19(27)29-20(2,3)4)23-12-24-17(13)25-9-7-14(8-10-25)18(26)28-6/h12,14-15,21H,7-11H2,1-6H3,(H,22,23,24). The fourth-order valence-corrected chi connectivity index (χ4v) is 3.31. The van der Waals surface area contributed by atoms with Crippen molar-refractivity contribution < 1.29 is 19.1 Å². The third-order valence-electron chi connectivity index (χ3n) is 4.90. The number of carbonyl (C=O) groups is 2. The summed E-state index contributed by atoms with van der Waals surface area (Å²) in [4.78, 5) is 35.0. The van der Waals surface area contributed by atoms with Crippen LogP contribution in [0, 0.1) is 12.8 Å². The molecule has 9 nitrogen and oxygen atoms in total. The van der Waals surface area contributed by atoms with Gasteiger partial charge < -0.3 is 25.0 Å². The average molecular weight is 408 g/mol. The number of piperidine rings is 1. The van der Waals surface area contributed by atoms with Crippen molar-refractivity contribution in [2.45, 2.75) is 52.2 Å². The molecule has 0 aliphatic carbocycles. The molecule has 1 fully saturated rings. The van der Waals surface area contributed by atoms with Gasteiger partial charge in [0, 0.05) is 25.2 Å². The summed E-state index contributed by atoms with van der Waals surface area (Å²) in [7, 11) is 3.15. The third-order valence-corrected chi connectivity index (χ3v) is 4.90. The Bertz CT molecular complexity index is 711. The third kappa shape index (κ3) is 6.28. The maximum absolute atomic E-state index is 12.3. The number of nitrogens with one attached hydrogen (secondary N) is 2. The van der Waals surface area contributed by atoms with Crippen molar-refractivity contribution in [1.82, 2.24) is 15.3 Å². The van der Waals surface area contributed by atoms with Crippen LogP contribution in [0.5, 0.6) is 0 Å². The van der Waals surface area contributed by atoms with Crippen molar-refractivity contribution in [2.24, 2.45) is 5.92 Å². The predicted molar refractivity (Wildman–Crippen MR) is 111 cm³/mol. The minimum Gasteiger partial charge on any atom is -0.469 e. The molecule has 1 atom stereocenters. The number of methoxy groups -OCH3 is 1. The maximum atomic E-state index is 12.3. The Balaban J connectivity index is 2.01. The van der Waals surface area contributed by atoms with E-state index in [4.69, 9.17) is 9.47 Å². The summed E-state index contributed by atoms with van der Waals surface area (Å²) in [5, 5.41) is 6.21. The number of aromatic nitrogens is 2. The maximum Gasteiger partial charge on any atom is 0.325 e. The van der Waals surface area contributed by atoms with E-state index in [0.29, 0.717) is 12.4 Å². The lowest BCUT2D eigenvalue weighted by Gasteiger charge is -2.32. The molecule has 2 heterocycles. The van der Waals surface area contributed by atoms with Crippen molar-refractivity contribution >= 4 is 23.6 Å². The smallest absolute Gasteiger partial charge is 0.325 e. The van der Waals surface area contributed by atoms with Gasteiger partial charge in [0.2, 0.25) is 0 Å². The number of rotatable bonds is 7. The summed E-state index contributed by atoms with van der Waals surface area (Å²) in [6.07, 6.45) is 2.98. The van der Waals surface area contributed by atoms with Gasteiger partial charge in [-0.3, -0.25) is 9.59 Å². The molecule has 162 valence electrons. The molecule has 2 N–H and O–H groups in total. The highest BCUT2D eigenvalue weighted by atomic mass is 16.6. The Labute approximate surface area is 172 Å². The first kappa shape index (κ1) is 22.9. The number of anilines is 2. The van der Waals surface area contributed by atoms with Crippen LogP contribution >= 0.6 is 0 Å². The average Bonchev–Trinajstić information content (AvgIpc) is 2.68. The normalized spacial score (nSPS) is 16.3. The summed E-state index contributed by atoms with van der Waals surface area (Å²) < 4.78 is 10.3. The van der Waals surface area contributed by atoms with E-state index >= 15 is 0 Å². The van der Waals surface area contributed by atoms with Crippen molar-refractivity contribution in [3.05, 3.63) is 11.9 Å². The summed E-state index contributed by atoms with van der Waals surface area (Å²) in [5.41, 5.74) is 0.364. The Kier molecular flexibility index (Phi) is 7.78. The van der Waals surface area contributed by atoms with Crippen LogP contribution in [0.2, 0.25) is 0 Å². The first-order valence-corrected chi connectivity index (χ1v) is 9.94. The zero-order chi connectivity index (χ0) is 21.6. The molecular formula is C20H33N5O4. The van der Waals surface area contributed by atoms with E-state index in [-0.39, 0.29) is 17.9 Å². The van der Waals surface area contributed by atoms with Crippen molar-refractivity contribution in [1.29, 1.82) is 0 Å². The van der Waals surface area contributed by atoms with Crippen LogP contribution in [0.4, 0.5) is 11.6 Å². The topological polar surface area (TPSA) is 106 Å². The minimum atomic E-state index is -0.541. The Morgan fingerprint density at radius 2 is 1.93 bits per heavy atom. The first-order valence-electron chi connectivity index (χ1n) is 9.94. The lowest BCUT2D eigenvalue weighted by molar-refractivity contribution is -0.157. The van der Waals surface area contributed by atoms with Gasteiger partial charge in [-0.15, -0.1) is 0 Å². The molecule has 0 amide bonds. The van der Waals surface area contributed by atoms with Gasteiger partial charge in [0.05, 0.1) is 13.0 Å². The highest BCUT2D eigenvalue weighted by Gasteiger charge is 2.28. The summed E-state index contributed by atoms with van der Waals surface area (Å²) in [6, 6.07) is -0.497. The van der Waals surface area contributed by atoms with Gasteiger partial charge in [-0.1, -0.05) is 0 Å². The van der Waals surface area contributed by atoms with Gasteiger partial charge in [-0.05, 0) is 47.6 Å². The van der Waals surface area contributed by atoms with Crippen molar-refractivity contribution in [2.75, 3.05) is 44.0 Å². The molecule has 1 aromatic rings. The van der Waals surface area contributed by atoms with Gasteiger partial charge in [-0.2, -0.15) is 0 Å². The number of nitrogens with zero attached hydrogens (tertiary/aromatic N) is 3. The van der Waals surface area contributed by atoms with Gasteiger partial charge >= 0.3 is 11.9 Å². The van der Waals surface area contributed by atoms with E-state index in [0.717, 1.165) is 37.3 Å². The highest BCUT2D eigenvalue weighted by molar-refractivity contribution is 5.77. The predicted octanol–water partition coefficient (Wildman–Crippen LogP) is 1.52. The monoisotopic (exact) mass is 407 g/mol. The quantitative estimate of drug-likeness (QED) is 0.651. The summed E-state index contributed by atoms with van der Waals surface area (Å²) >= 11 is 0. The highest BCUT2D eigenvalue weighted by Crippen LogP contribution is 2.27. The van der Waals surface area contributed by atoms with Crippen molar-refractivity contribution in [3.63, 3.8) is 0 Å². The van der Waals surface area contributed by atoms with E-state index in [2.05, 4.69) is 25.5 Å². The second-order valence-electron chi connectivity index (χ2n) is 8.21. The molecule has 1 aromatic heterocycles. The van der Waals surface area contributed by atoms with Gasteiger partial charge in [0.25, 0.3) is 0 Å². The number of esters is 2. The summed E-state index contributed by atoms with van der Waals surface area (Å²) in [5.74, 6) is 0.996. The van der Waals surface area contributed by atoms with Crippen LogP contribution in [0.25, 0.3) is 0 Å². The molecule has 0 radical (unpaired) electrons. The lowest BCUT2D eigenvalue weighted by atomic mass is 9.97. The summed E-state index contributed by atoms with van der Waals surface area (Å²) in [6.45, 7) is 9.28. The lowest BCUT2D eigenvalue weighted by Crippen LogP contribution is -2.44. The van der Waals surface area contributed by atoms with Crippen LogP contribution in [0.15, 0.2) is 6.33 Å². The van der Waals surface area contributed by atoms with E-state index in [1.807, 2.05) is 27.7 Å². The Hall–Kier alpha value is -2.42. The zero-order valence-corrected chi connectivity index (χ0v) is 18.2. The number of hydrogen-bond acceptors (Lipinski definition) is 9. The Morgan fingerprint density at radius 3 is 2.48 bits per heavy atom. The molecule has 0 saturated carbocycles. The number of carbonyl (C=O) groups excluding carboxylic acids is 2. The second kappa shape index (κ2) is 9.87.